The zero-order valence-corrected chi connectivity index (χ0v) is 12.8. The first-order valence-electron chi connectivity index (χ1n) is 8.00. The normalized spacial score (nSPS) is 32.2. The number of amides is 2. The minimum atomic E-state index is -1.24. The Bertz CT molecular complexity index is 686. The van der Waals surface area contributed by atoms with Crippen LogP contribution in [0.5, 0.6) is 5.75 Å². The van der Waals surface area contributed by atoms with Gasteiger partial charge in [0, 0.05) is 6.42 Å². The van der Waals surface area contributed by atoms with Crippen LogP contribution in [-0.4, -0.2) is 51.1 Å². The molecule has 126 valence electrons. The fraction of sp³-hybridized carbons (Fsp3) is 0.471. The Labute approximate surface area is 137 Å². The van der Waals surface area contributed by atoms with Gasteiger partial charge in [-0.15, -0.1) is 0 Å². The molecular formula is C17H17NO6. The number of phenols is 1. The van der Waals surface area contributed by atoms with Gasteiger partial charge in [0.05, 0.1) is 24.0 Å². The monoisotopic (exact) mass is 331 g/mol. The number of benzene rings is 1. The van der Waals surface area contributed by atoms with Gasteiger partial charge in [0.25, 0.3) is 0 Å². The number of carbonyl (C=O) groups is 3. The molecule has 7 heteroatoms. The van der Waals surface area contributed by atoms with Crippen molar-refractivity contribution in [3.63, 3.8) is 0 Å². The van der Waals surface area contributed by atoms with Gasteiger partial charge in [0.1, 0.15) is 11.8 Å². The van der Waals surface area contributed by atoms with Crippen LogP contribution in [0.3, 0.4) is 0 Å². The van der Waals surface area contributed by atoms with Crippen LogP contribution in [0.1, 0.15) is 18.4 Å². The Morgan fingerprint density at radius 3 is 2.17 bits per heavy atom. The Morgan fingerprint density at radius 1 is 1.12 bits per heavy atom. The summed E-state index contributed by atoms with van der Waals surface area (Å²) in [6, 6.07) is 4.84. The number of ether oxygens (including phenoxy) is 1. The number of nitrogens with zero attached hydrogens (tertiary/aromatic N) is 1. The molecule has 3 fully saturated rings. The molecule has 2 bridgehead atoms. The molecule has 4 rings (SSSR count). The topological polar surface area (TPSA) is 104 Å². The molecule has 0 saturated carbocycles. The van der Waals surface area contributed by atoms with Crippen LogP contribution in [0.4, 0.5) is 0 Å². The van der Waals surface area contributed by atoms with Crippen LogP contribution < -0.4 is 0 Å². The molecule has 3 aliphatic heterocycles. The van der Waals surface area contributed by atoms with Gasteiger partial charge in [-0.05, 0) is 30.5 Å². The van der Waals surface area contributed by atoms with E-state index in [1.54, 1.807) is 12.1 Å². The first-order valence-corrected chi connectivity index (χ1v) is 8.00. The molecule has 2 N–H and O–H groups in total. The molecular weight excluding hydrogens is 314 g/mol. The lowest BCUT2D eigenvalue weighted by Gasteiger charge is -2.24. The van der Waals surface area contributed by atoms with Crippen molar-refractivity contribution in [2.24, 2.45) is 11.8 Å². The predicted octanol–water partition coefficient (Wildman–Crippen LogP) is 0.550. The molecule has 2 amide bonds. The number of carboxylic acids is 1. The highest BCUT2D eigenvalue weighted by atomic mass is 16.5. The van der Waals surface area contributed by atoms with Gasteiger partial charge in [-0.1, -0.05) is 12.1 Å². The number of hydrogen-bond acceptors (Lipinski definition) is 5. The summed E-state index contributed by atoms with van der Waals surface area (Å²) in [7, 11) is 0. The van der Waals surface area contributed by atoms with E-state index in [1.807, 2.05) is 0 Å². The number of likely N-dealkylation sites (tertiary alicyclic amines) is 1. The van der Waals surface area contributed by atoms with Gasteiger partial charge in [-0.3, -0.25) is 14.5 Å². The molecule has 24 heavy (non-hydrogen) atoms. The molecule has 0 radical (unpaired) electrons. The van der Waals surface area contributed by atoms with E-state index in [9.17, 15) is 24.6 Å². The number of aliphatic carboxylic acids is 1. The van der Waals surface area contributed by atoms with E-state index in [0.29, 0.717) is 5.56 Å². The summed E-state index contributed by atoms with van der Waals surface area (Å²) < 4.78 is 5.66. The van der Waals surface area contributed by atoms with Crippen molar-refractivity contribution in [1.29, 1.82) is 0 Å². The minimum Gasteiger partial charge on any atom is -0.508 e. The van der Waals surface area contributed by atoms with Crippen LogP contribution in [0.25, 0.3) is 0 Å². The van der Waals surface area contributed by atoms with E-state index in [0.717, 1.165) is 17.7 Å². The quantitative estimate of drug-likeness (QED) is 0.781. The molecule has 3 saturated heterocycles. The summed E-state index contributed by atoms with van der Waals surface area (Å²) >= 11 is 0. The molecule has 1 aromatic rings. The third kappa shape index (κ3) is 2.11. The van der Waals surface area contributed by atoms with E-state index < -0.39 is 35.7 Å². The predicted molar refractivity (Wildman–Crippen MR) is 80.0 cm³/mol. The maximum Gasteiger partial charge on any atom is 0.327 e. The smallest absolute Gasteiger partial charge is 0.327 e. The number of carboxylic acid groups (broad SMARTS) is 1. The average molecular weight is 331 g/mol. The summed E-state index contributed by atoms with van der Waals surface area (Å²) in [5.41, 5.74) is 0.636. The van der Waals surface area contributed by atoms with E-state index in [-0.39, 0.29) is 24.4 Å². The second kappa shape index (κ2) is 5.31. The van der Waals surface area contributed by atoms with E-state index in [2.05, 4.69) is 0 Å². The van der Waals surface area contributed by atoms with Gasteiger partial charge < -0.3 is 14.9 Å². The first kappa shape index (κ1) is 15.1. The minimum absolute atomic E-state index is 0.0166. The number of hydrogen-bond donors (Lipinski definition) is 2. The maximum absolute atomic E-state index is 12.7. The Hall–Kier alpha value is -2.41. The summed E-state index contributed by atoms with van der Waals surface area (Å²) in [5, 5.41) is 18.9. The lowest BCUT2D eigenvalue weighted by molar-refractivity contribution is -0.156. The molecule has 3 heterocycles. The SMILES string of the molecule is O=C(O)C(Cc1ccc(O)cc1)N1C(=O)C2C3CC[C@H](O3)C2C1=O. The van der Waals surface area contributed by atoms with Crippen LogP contribution in [0, 0.1) is 11.8 Å². The second-order valence-corrected chi connectivity index (χ2v) is 6.61. The number of carbonyl (C=O) groups excluding carboxylic acids is 2. The molecule has 7 nitrogen and oxygen atoms in total. The highest BCUT2D eigenvalue weighted by Crippen LogP contribution is 2.49. The molecule has 0 aromatic heterocycles. The number of aromatic hydroxyl groups is 1. The summed E-state index contributed by atoms with van der Waals surface area (Å²) in [6.07, 6.45) is 0.986. The van der Waals surface area contributed by atoms with Gasteiger partial charge in [0.15, 0.2) is 0 Å². The molecule has 0 aliphatic carbocycles. The van der Waals surface area contributed by atoms with Crippen molar-refractivity contribution in [2.45, 2.75) is 37.5 Å². The Balaban J connectivity index is 1.62. The van der Waals surface area contributed by atoms with Crippen molar-refractivity contribution < 1.29 is 29.3 Å². The van der Waals surface area contributed by atoms with Crippen molar-refractivity contribution in [2.75, 3.05) is 0 Å². The van der Waals surface area contributed by atoms with Crippen LogP contribution in [-0.2, 0) is 25.5 Å². The summed E-state index contributed by atoms with van der Waals surface area (Å²) in [6.45, 7) is 0. The number of fused-ring (bicyclic) bond motifs is 5. The molecule has 5 atom stereocenters. The zero-order valence-electron chi connectivity index (χ0n) is 12.8. The number of imide groups is 1. The van der Waals surface area contributed by atoms with Crippen LogP contribution in [0.15, 0.2) is 24.3 Å². The van der Waals surface area contributed by atoms with Crippen molar-refractivity contribution in [1.82, 2.24) is 4.90 Å². The van der Waals surface area contributed by atoms with Gasteiger partial charge in [0.2, 0.25) is 11.8 Å². The van der Waals surface area contributed by atoms with Crippen molar-refractivity contribution >= 4 is 17.8 Å². The van der Waals surface area contributed by atoms with Gasteiger partial charge >= 0.3 is 5.97 Å². The standard InChI is InChI=1S/C17H17NO6/c19-9-3-1-8(2-4-9)7-10(17(22)23)18-15(20)13-11-5-6-12(24-11)14(13)16(18)21/h1-4,10-14,19H,5-7H2,(H,22,23)/t10?,11-,12?,13?,14?/m0/s1. The molecule has 4 unspecified atom stereocenters. The first-order chi connectivity index (χ1) is 11.5. The lowest BCUT2D eigenvalue weighted by Crippen LogP contribution is -2.48. The van der Waals surface area contributed by atoms with E-state index in [1.165, 1.54) is 12.1 Å². The summed E-state index contributed by atoms with van der Waals surface area (Å²) in [4.78, 5) is 38.0. The highest BCUT2D eigenvalue weighted by Gasteiger charge is 2.63. The Morgan fingerprint density at radius 2 is 1.67 bits per heavy atom. The van der Waals surface area contributed by atoms with Gasteiger partial charge in [-0.25, -0.2) is 4.79 Å². The maximum atomic E-state index is 12.7. The lowest BCUT2D eigenvalue weighted by atomic mass is 9.81. The summed E-state index contributed by atoms with van der Waals surface area (Å²) in [5.74, 6) is -3.05. The van der Waals surface area contributed by atoms with Crippen molar-refractivity contribution in [3.8, 4) is 5.75 Å². The number of rotatable bonds is 4. The van der Waals surface area contributed by atoms with Gasteiger partial charge in [-0.2, -0.15) is 0 Å². The van der Waals surface area contributed by atoms with Crippen LogP contribution in [0.2, 0.25) is 0 Å². The molecule has 1 aromatic carbocycles. The highest BCUT2D eigenvalue weighted by molar-refractivity contribution is 6.08. The molecule has 0 spiro atoms. The second-order valence-electron chi connectivity index (χ2n) is 6.61. The average Bonchev–Trinajstić information content (AvgIpc) is 3.22. The fourth-order valence-electron chi connectivity index (χ4n) is 4.19. The largest absolute Gasteiger partial charge is 0.508 e. The van der Waals surface area contributed by atoms with Crippen molar-refractivity contribution in [3.05, 3.63) is 29.8 Å². The zero-order chi connectivity index (χ0) is 17.0. The molecule has 3 aliphatic rings. The fourth-order valence-corrected chi connectivity index (χ4v) is 4.19. The third-order valence-corrected chi connectivity index (χ3v) is 5.28. The third-order valence-electron chi connectivity index (χ3n) is 5.28. The Kier molecular flexibility index (Phi) is 3.35. The van der Waals surface area contributed by atoms with E-state index in [4.69, 9.17) is 4.74 Å². The number of phenolic OH excluding ortho intramolecular Hbond substituents is 1. The van der Waals surface area contributed by atoms with E-state index >= 15 is 0 Å². The van der Waals surface area contributed by atoms with Crippen LogP contribution >= 0.6 is 0 Å².